The molecule has 0 atom stereocenters. The van der Waals surface area contributed by atoms with Gasteiger partial charge in [-0.2, -0.15) is 0 Å². The molecule has 7 heteroatoms. The number of aromatic hydroxyl groups is 1. The molecule has 1 saturated heterocycles. The third kappa shape index (κ3) is 3.43. The molecule has 1 aliphatic heterocycles. The third-order valence-electron chi connectivity index (χ3n) is 3.54. The second-order valence-corrected chi connectivity index (χ2v) is 4.89. The average molecular weight is 293 g/mol. The van der Waals surface area contributed by atoms with Crippen molar-refractivity contribution < 1.29 is 19.4 Å². The molecule has 1 fully saturated rings. The molecule has 0 saturated carbocycles. The Morgan fingerprint density at radius 1 is 1.29 bits per heavy atom. The van der Waals surface area contributed by atoms with Gasteiger partial charge in [-0.3, -0.25) is 14.5 Å². The largest absolute Gasteiger partial charge is 0.505 e. The predicted molar refractivity (Wildman–Crippen MR) is 76.9 cm³/mol. The number of nitrogens with two attached hydrogens (primary N) is 1. The van der Waals surface area contributed by atoms with Crippen LogP contribution >= 0.6 is 0 Å². The van der Waals surface area contributed by atoms with Crippen molar-refractivity contribution in [3.63, 3.8) is 0 Å². The van der Waals surface area contributed by atoms with Gasteiger partial charge in [0.2, 0.25) is 0 Å². The number of benzene rings is 1. The molecule has 2 rings (SSSR count). The zero-order chi connectivity index (χ0) is 15.4. The molecule has 0 radical (unpaired) electrons. The van der Waals surface area contributed by atoms with E-state index in [0.717, 1.165) is 0 Å². The summed E-state index contributed by atoms with van der Waals surface area (Å²) >= 11 is 0. The van der Waals surface area contributed by atoms with Crippen molar-refractivity contribution in [1.29, 1.82) is 0 Å². The van der Waals surface area contributed by atoms with Crippen molar-refractivity contribution in [3.8, 4) is 5.75 Å². The Hall–Kier alpha value is -2.28. The van der Waals surface area contributed by atoms with Crippen molar-refractivity contribution in [3.05, 3.63) is 23.8 Å². The molecule has 0 aliphatic carbocycles. The third-order valence-corrected chi connectivity index (χ3v) is 3.54. The summed E-state index contributed by atoms with van der Waals surface area (Å²) in [5.41, 5.74) is 5.99. The number of amides is 1. The molecule has 1 heterocycles. The van der Waals surface area contributed by atoms with E-state index in [-0.39, 0.29) is 35.4 Å². The Balaban J connectivity index is 1.97. The fourth-order valence-corrected chi connectivity index (χ4v) is 2.26. The lowest BCUT2D eigenvalue weighted by atomic mass is 10.1. The number of rotatable bonds is 3. The number of nitrogen functional groups attached to an aromatic ring is 1. The van der Waals surface area contributed by atoms with E-state index in [9.17, 15) is 14.7 Å². The molecule has 1 aliphatic rings. The van der Waals surface area contributed by atoms with Crippen molar-refractivity contribution in [2.75, 3.05) is 45.6 Å². The van der Waals surface area contributed by atoms with E-state index in [1.54, 1.807) is 23.1 Å². The second kappa shape index (κ2) is 6.45. The molecular formula is C14H19N3O4. The van der Waals surface area contributed by atoms with E-state index in [0.29, 0.717) is 26.2 Å². The van der Waals surface area contributed by atoms with E-state index in [2.05, 4.69) is 4.74 Å². The molecule has 0 aromatic heterocycles. The topological polar surface area (TPSA) is 96.1 Å². The molecule has 3 N–H and O–H groups in total. The van der Waals surface area contributed by atoms with Crippen LogP contribution < -0.4 is 5.73 Å². The van der Waals surface area contributed by atoms with Gasteiger partial charge in [0.1, 0.15) is 0 Å². The molecule has 21 heavy (non-hydrogen) atoms. The average Bonchev–Trinajstić information content (AvgIpc) is 2.50. The SMILES string of the molecule is COC(=O)CN1CCN(C(=O)c2cccc(N)c2O)CC1. The van der Waals surface area contributed by atoms with Crippen LogP contribution in [0.5, 0.6) is 5.75 Å². The van der Waals surface area contributed by atoms with Gasteiger partial charge in [0.25, 0.3) is 5.91 Å². The Bertz CT molecular complexity index is 539. The van der Waals surface area contributed by atoms with Gasteiger partial charge in [0.05, 0.1) is 24.9 Å². The van der Waals surface area contributed by atoms with Crippen LogP contribution in [0.25, 0.3) is 0 Å². The number of nitrogens with zero attached hydrogens (tertiary/aromatic N) is 2. The first-order valence-electron chi connectivity index (χ1n) is 6.69. The Labute approximate surface area is 122 Å². The summed E-state index contributed by atoms with van der Waals surface area (Å²) in [5, 5.41) is 9.86. The molecule has 1 aromatic rings. The molecule has 1 aromatic carbocycles. The lowest BCUT2D eigenvalue weighted by Gasteiger charge is -2.34. The van der Waals surface area contributed by atoms with Crippen molar-refractivity contribution in [2.24, 2.45) is 0 Å². The van der Waals surface area contributed by atoms with E-state index in [1.807, 2.05) is 4.90 Å². The van der Waals surface area contributed by atoms with Crippen molar-refractivity contribution >= 4 is 17.6 Å². The number of carbonyl (C=O) groups excluding carboxylic acids is 2. The molecule has 0 unspecified atom stereocenters. The lowest BCUT2D eigenvalue weighted by Crippen LogP contribution is -2.50. The van der Waals surface area contributed by atoms with E-state index < -0.39 is 0 Å². The number of hydrogen-bond acceptors (Lipinski definition) is 6. The monoisotopic (exact) mass is 293 g/mol. The number of esters is 1. The fraction of sp³-hybridized carbons (Fsp3) is 0.429. The highest BCUT2D eigenvalue weighted by atomic mass is 16.5. The van der Waals surface area contributed by atoms with E-state index in [4.69, 9.17) is 5.73 Å². The van der Waals surface area contributed by atoms with Crippen molar-refractivity contribution in [2.45, 2.75) is 0 Å². The number of hydrogen-bond donors (Lipinski definition) is 2. The Kier molecular flexibility index (Phi) is 4.64. The number of anilines is 1. The molecule has 0 spiro atoms. The van der Waals surface area contributed by atoms with Gasteiger partial charge in [-0.1, -0.05) is 6.07 Å². The van der Waals surface area contributed by atoms with Crippen LogP contribution in [0.2, 0.25) is 0 Å². The van der Waals surface area contributed by atoms with Gasteiger partial charge >= 0.3 is 5.97 Å². The van der Waals surface area contributed by atoms with Gasteiger partial charge in [-0.25, -0.2) is 0 Å². The van der Waals surface area contributed by atoms with Crippen LogP contribution in [-0.2, 0) is 9.53 Å². The lowest BCUT2D eigenvalue weighted by molar-refractivity contribution is -0.142. The molecular weight excluding hydrogens is 274 g/mol. The van der Waals surface area contributed by atoms with Crippen LogP contribution in [0.3, 0.4) is 0 Å². The first-order chi connectivity index (χ1) is 10.0. The summed E-state index contributed by atoms with van der Waals surface area (Å²) in [6.45, 7) is 2.38. The standard InChI is InChI=1S/C14H19N3O4/c1-21-12(18)9-16-5-7-17(8-6-16)14(20)10-3-2-4-11(15)13(10)19/h2-4,19H,5-9,15H2,1H3. The first kappa shape index (κ1) is 15.1. The maximum atomic E-state index is 12.4. The summed E-state index contributed by atoms with van der Waals surface area (Å²) < 4.78 is 4.62. The summed E-state index contributed by atoms with van der Waals surface area (Å²) in [7, 11) is 1.35. The minimum Gasteiger partial charge on any atom is -0.505 e. The molecule has 7 nitrogen and oxygen atoms in total. The van der Waals surface area contributed by atoms with Crippen LogP contribution in [0.4, 0.5) is 5.69 Å². The van der Waals surface area contributed by atoms with Gasteiger partial charge in [-0.05, 0) is 12.1 Å². The number of phenols is 1. The molecule has 1 amide bonds. The minimum atomic E-state index is -0.289. The second-order valence-electron chi connectivity index (χ2n) is 4.89. The zero-order valence-corrected chi connectivity index (χ0v) is 11.9. The summed E-state index contributed by atoms with van der Waals surface area (Å²) in [6.07, 6.45) is 0. The maximum Gasteiger partial charge on any atom is 0.319 e. The number of carbonyl (C=O) groups is 2. The van der Waals surface area contributed by atoms with Crippen LogP contribution in [0.15, 0.2) is 18.2 Å². The number of piperazine rings is 1. The predicted octanol–water partition coefficient (Wildman–Crippen LogP) is -0.0948. The van der Waals surface area contributed by atoms with E-state index >= 15 is 0 Å². The highest BCUT2D eigenvalue weighted by Crippen LogP contribution is 2.25. The number of methoxy groups -OCH3 is 1. The van der Waals surface area contributed by atoms with Crippen molar-refractivity contribution in [1.82, 2.24) is 9.80 Å². The number of para-hydroxylation sites is 1. The van der Waals surface area contributed by atoms with Crippen LogP contribution in [0.1, 0.15) is 10.4 Å². The smallest absolute Gasteiger partial charge is 0.319 e. The highest BCUT2D eigenvalue weighted by Gasteiger charge is 2.25. The number of ether oxygens (including phenoxy) is 1. The van der Waals surface area contributed by atoms with Gasteiger partial charge < -0.3 is 20.5 Å². The zero-order valence-electron chi connectivity index (χ0n) is 11.9. The summed E-state index contributed by atoms with van der Waals surface area (Å²) in [5.74, 6) is -0.722. The highest BCUT2D eigenvalue weighted by molar-refractivity contribution is 5.98. The maximum absolute atomic E-state index is 12.4. The number of phenolic OH excluding ortho intramolecular Hbond substituents is 1. The van der Waals surface area contributed by atoms with Gasteiger partial charge in [0.15, 0.2) is 5.75 Å². The van der Waals surface area contributed by atoms with Gasteiger partial charge in [-0.15, -0.1) is 0 Å². The Morgan fingerprint density at radius 3 is 2.57 bits per heavy atom. The van der Waals surface area contributed by atoms with E-state index in [1.165, 1.54) is 7.11 Å². The van der Waals surface area contributed by atoms with Gasteiger partial charge in [0, 0.05) is 26.2 Å². The quantitative estimate of drug-likeness (QED) is 0.459. The normalized spacial score (nSPS) is 15.8. The Morgan fingerprint density at radius 2 is 1.95 bits per heavy atom. The van der Waals surface area contributed by atoms with Crippen LogP contribution in [-0.4, -0.2) is 66.6 Å². The van der Waals surface area contributed by atoms with Crippen LogP contribution in [0, 0.1) is 0 Å². The minimum absolute atomic E-state index is 0.181. The summed E-state index contributed by atoms with van der Waals surface area (Å²) in [4.78, 5) is 27.1. The first-order valence-corrected chi connectivity index (χ1v) is 6.69. The fourth-order valence-electron chi connectivity index (χ4n) is 2.26. The molecule has 0 bridgehead atoms. The summed E-state index contributed by atoms with van der Waals surface area (Å²) in [6, 6.07) is 4.73. The molecule has 114 valence electrons.